The van der Waals surface area contributed by atoms with Gasteiger partial charge in [0.15, 0.2) is 0 Å². The van der Waals surface area contributed by atoms with E-state index in [-0.39, 0.29) is 0 Å². The molecule has 118 valence electrons. The van der Waals surface area contributed by atoms with Crippen LogP contribution in [0.4, 0.5) is 0 Å². The van der Waals surface area contributed by atoms with Gasteiger partial charge in [0.1, 0.15) is 5.75 Å². The molecule has 0 fully saturated rings. The van der Waals surface area contributed by atoms with E-state index >= 15 is 0 Å². The number of benzene rings is 1. The van der Waals surface area contributed by atoms with E-state index in [0.717, 1.165) is 36.8 Å². The fourth-order valence-corrected chi connectivity index (χ4v) is 3.38. The number of fused-ring (bicyclic) bond motifs is 1. The van der Waals surface area contributed by atoms with Crippen molar-refractivity contribution in [3.8, 4) is 5.75 Å². The van der Waals surface area contributed by atoms with Gasteiger partial charge in [-0.25, -0.2) is 0 Å². The maximum Gasteiger partial charge on any atom is 0.125 e. The molecule has 0 aliphatic carbocycles. The monoisotopic (exact) mass is 309 g/mol. The fourth-order valence-electron chi connectivity index (χ4n) is 3.12. The van der Waals surface area contributed by atoms with Crippen LogP contribution in [0.1, 0.15) is 57.1 Å². The van der Waals surface area contributed by atoms with Crippen LogP contribution in [0.2, 0.25) is 5.02 Å². The van der Waals surface area contributed by atoms with Crippen molar-refractivity contribution in [2.24, 2.45) is 0 Å². The molecule has 0 saturated heterocycles. The topological polar surface area (TPSA) is 21.3 Å². The maximum atomic E-state index is 6.22. The number of hydrogen-bond acceptors (Lipinski definition) is 2. The van der Waals surface area contributed by atoms with Crippen molar-refractivity contribution in [2.75, 3.05) is 13.2 Å². The van der Waals surface area contributed by atoms with Gasteiger partial charge in [0.05, 0.1) is 6.61 Å². The minimum absolute atomic E-state index is 0.656. The summed E-state index contributed by atoms with van der Waals surface area (Å²) in [6.07, 6.45) is 8.21. The summed E-state index contributed by atoms with van der Waals surface area (Å²) in [6.45, 7) is 6.42. The molecule has 0 amide bonds. The Balaban J connectivity index is 1.88. The third-order valence-corrected chi connectivity index (χ3v) is 4.36. The molecule has 0 spiro atoms. The van der Waals surface area contributed by atoms with Crippen molar-refractivity contribution in [3.05, 3.63) is 28.3 Å². The van der Waals surface area contributed by atoms with Crippen molar-refractivity contribution in [3.63, 3.8) is 0 Å². The predicted molar refractivity (Wildman–Crippen MR) is 90.6 cm³/mol. The average Bonchev–Trinajstić information content (AvgIpc) is 2.92. The Labute approximate surface area is 134 Å². The molecule has 0 bridgehead atoms. The van der Waals surface area contributed by atoms with Crippen LogP contribution >= 0.6 is 11.6 Å². The molecule has 1 aliphatic rings. The molecule has 1 atom stereocenters. The molecule has 1 heterocycles. The molecule has 1 unspecified atom stereocenters. The Kier molecular flexibility index (Phi) is 6.85. The number of halogens is 1. The van der Waals surface area contributed by atoms with E-state index in [2.05, 4.69) is 31.3 Å². The second-order valence-electron chi connectivity index (χ2n) is 5.98. The zero-order chi connectivity index (χ0) is 15.1. The summed E-state index contributed by atoms with van der Waals surface area (Å²) in [5.41, 5.74) is 2.58. The first-order valence-electron chi connectivity index (χ1n) is 8.42. The third-order valence-electron chi connectivity index (χ3n) is 4.14. The molecule has 2 nitrogen and oxygen atoms in total. The summed E-state index contributed by atoms with van der Waals surface area (Å²) in [7, 11) is 0. The van der Waals surface area contributed by atoms with Crippen molar-refractivity contribution in [1.82, 2.24) is 5.32 Å². The second kappa shape index (κ2) is 8.65. The fraction of sp³-hybridized carbons (Fsp3) is 0.667. The van der Waals surface area contributed by atoms with Crippen LogP contribution in [0.3, 0.4) is 0 Å². The van der Waals surface area contributed by atoms with Crippen molar-refractivity contribution in [1.29, 1.82) is 0 Å². The lowest BCUT2D eigenvalue weighted by atomic mass is 9.99. The van der Waals surface area contributed by atoms with E-state index in [0.29, 0.717) is 6.04 Å². The summed E-state index contributed by atoms with van der Waals surface area (Å²) >= 11 is 6.22. The van der Waals surface area contributed by atoms with Crippen LogP contribution in [0.5, 0.6) is 5.75 Å². The van der Waals surface area contributed by atoms with Gasteiger partial charge < -0.3 is 10.1 Å². The number of nitrogens with one attached hydrogen (secondary N) is 1. The molecule has 1 N–H and O–H groups in total. The highest BCUT2D eigenvalue weighted by Crippen LogP contribution is 2.33. The summed E-state index contributed by atoms with van der Waals surface area (Å²) in [5.74, 6) is 1.10. The first-order valence-corrected chi connectivity index (χ1v) is 8.79. The third kappa shape index (κ3) is 4.89. The quantitative estimate of drug-likeness (QED) is 0.709. The SMILES string of the molecule is CCCNC(CCC)CCCc1cc(Cl)cc2c1OCC2. The minimum Gasteiger partial charge on any atom is -0.493 e. The molecule has 1 aromatic rings. The van der Waals surface area contributed by atoms with Gasteiger partial charge in [-0.05, 0) is 61.9 Å². The van der Waals surface area contributed by atoms with Crippen LogP contribution < -0.4 is 10.1 Å². The van der Waals surface area contributed by atoms with E-state index in [1.54, 1.807) is 0 Å². The molecular formula is C18H28ClNO. The smallest absolute Gasteiger partial charge is 0.125 e. The van der Waals surface area contributed by atoms with E-state index in [9.17, 15) is 0 Å². The molecule has 1 aliphatic heterocycles. The van der Waals surface area contributed by atoms with Gasteiger partial charge in [0.25, 0.3) is 0 Å². The van der Waals surface area contributed by atoms with Crippen molar-refractivity contribution < 1.29 is 4.74 Å². The Morgan fingerprint density at radius 2 is 2.10 bits per heavy atom. The average molecular weight is 310 g/mol. The lowest BCUT2D eigenvalue weighted by Crippen LogP contribution is -2.29. The van der Waals surface area contributed by atoms with E-state index in [1.807, 2.05) is 0 Å². The van der Waals surface area contributed by atoms with Gasteiger partial charge >= 0.3 is 0 Å². The summed E-state index contributed by atoms with van der Waals surface area (Å²) in [5, 5.41) is 4.51. The van der Waals surface area contributed by atoms with Crippen LogP contribution in [0, 0.1) is 0 Å². The van der Waals surface area contributed by atoms with E-state index in [1.165, 1.54) is 43.2 Å². The van der Waals surface area contributed by atoms with Gasteiger partial charge in [-0.1, -0.05) is 31.9 Å². The molecule has 0 saturated carbocycles. The van der Waals surface area contributed by atoms with Crippen LogP contribution in [0.25, 0.3) is 0 Å². The predicted octanol–water partition coefficient (Wildman–Crippen LogP) is 4.77. The van der Waals surface area contributed by atoms with Gasteiger partial charge in [0, 0.05) is 17.5 Å². The number of aryl methyl sites for hydroxylation is 1. The van der Waals surface area contributed by atoms with Crippen molar-refractivity contribution >= 4 is 11.6 Å². The first-order chi connectivity index (χ1) is 10.2. The van der Waals surface area contributed by atoms with Gasteiger partial charge in [0.2, 0.25) is 0 Å². The second-order valence-corrected chi connectivity index (χ2v) is 6.42. The van der Waals surface area contributed by atoms with E-state index in [4.69, 9.17) is 16.3 Å². The Hall–Kier alpha value is -0.730. The Morgan fingerprint density at radius 3 is 2.86 bits per heavy atom. The molecule has 1 aromatic carbocycles. The lowest BCUT2D eigenvalue weighted by molar-refractivity contribution is 0.352. The normalized spacial score (nSPS) is 14.8. The highest BCUT2D eigenvalue weighted by Gasteiger charge is 2.17. The molecule has 0 radical (unpaired) electrons. The molecule has 0 aromatic heterocycles. The summed E-state index contributed by atoms with van der Waals surface area (Å²) in [6, 6.07) is 4.79. The molecule has 3 heteroatoms. The van der Waals surface area contributed by atoms with Crippen LogP contribution in [-0.4, -0.2) is 19.2 Å². The molecule has 21 heavy (non-hydrogen) atoms. The number of ether oxygens (including phenoxy) is 1. The highest BCUT2D eigenvalue weighted by atomic mass is 35.5. The zero-order valence-corrected chi connectivity index (χ0v) is 14.1. The summed E-state index contributed by atoms with van der Waals surface area (Å²) < 4.78 is 5.78. The maximum absolute atomic E-state index is 6.22. The minimum atomic E-state index is 0.656. The molecular weight excluding hydrogens is 282 g/mol. The van der Waals surface area contributed by atoms with E-state index < -0.39 is 0 Å². The van der Waals surface area contributed by atoms with Gasteiger partial charge in [-0.15, -0.1) is 0 Å². The number of rotatable bonds is 9. The van der Waals surface area contributed by atoms with Gasteiger partial charge in [-0.2, -0.15) is 0 Å². The standard InChI is InChI=1S/C18H28ClNO/c1-3-6-17(20-10-4-2)8-5-7-14-12-16(19)13-15-9-11-21-18(14)15/h12-13,17,20H,3-11H2,1-2H3. The van der Waals surface area contributed by atoms with Crippen LogP contribution in [-0.2, 0) is 12.8 Å². The first kappa shape index (κ1) is 16.6. The Morgan fingerprint density at radius 1 is 1.24 bits per heavy atom. The Bertz CT molecular complexity index is 447. The number of hydrogen-bond donors (Lipinski definition) is 1. The van der Waals surface area contributed by atoms with Crippen LogP contribution in [0.15, 0.2) is 12.1 Å². The highest BCUT2D eigenvalue weighted by molar-refractivity contribution is 6.30. The largest absolute Gasteiger partial charge is 0.493 e. The van der Waals surface area contributed by atoms with Gasteiger partial charge in [-0.3, -0.25) is 0 Å². The summed E-state index contributed by atoms with van der Waals surface area (Å²) in [4.78, 5) is 0. The lowest BCUT2D eigenvalue weighted by Gasteiger charge is -2.18. The van der Waals surface area contributed by atoms with Crippen molar-refractivity contribution in [2.45, 2.75) is 64.8 Å². The molecule has 2 rings (SSSR count). The zero-order valence-electron chi connectivity index (χ0n) is 13.4.